The lowest BCUT2D eigenvalue weighted by molar-refractivity contribution is -0.107. The molecule has 70 valence electrons. The zero-order chi connectivity index (χ0) is 9.68. The molecule has 1 aromatic rings. The van der Waals surface area contributed by atoms with Gasteiger partial charge in [-0.25, -0.2) is 0 Å². The summed E-state index contributed by atoms with van der Waals surface area (Å²) >= 11 is 0. The first-order valence-electron chi connectivity index (χ1n) is 4.15. The molecule has 0 aromatic carbocycles. The molecular formula is C8H11N3O2. The first-order valence-corrected chi connectivity index (χ1v) is 4.15. The van der Waals surface area contributed by atoms with Crippen molar-refractivity contribution in [2.24, 2.45) is 0 Å². The highest BCUT2D eigenvalue weighted by Crippen LogP contribution is 1.97. The van der Waals surface area contributed by atoms with Crippen LogP contribution in [-0.2, 0) is 11.3 Å². The molecule has 5 nitrogen and oxygen atoms in total. The van der Waals surface area contributed by atoms with Crippen molar-refractivity contribution in [1.82, 2.24) is 15.0 Å². The van der Waals surface area contributed by atoms with Crippen molar-refractivity contribution in [3.8, 4) is 0 Å². The lowest BCUT2D eigenvalue weighted by Crippen LogP contribution is -1.99. The van der Waals surface area contributed by atoms with E-state index in [0.29, 0.717) is 6.29 Å². The second kappa shape index (κ2) is 4.49. The maximum absolute atomic E-state index is 11.1. The van der Waals surface area contributed by atoms with Gasteiger partial charge in [0.2, 0.25) is 0 Å². The van der Waals surface area contributed by atoms with Crippen LogP contribution in [0.5, 0.6) is 0 Å². The van der Waals surface area contributed by atoms with Crippen LogP contribution in [0.15, 0.2) is 6.20 Å². The second-order valence-corrected chi connectivity index (χ2v) is 2.66. The summed E-state index contributed by atoms with van der Waals surface area (Å²) in [5.74, 6) is -0.280. The Labute approximate surface area is 75.7 Å². The van der Waals surface area contributed by atoms with E-state index >= 15 is 0 Å². The van der Waals surface area contributed by atoms with Gasteiger partial charge in [0.15, 0.2) is 5.78 Å². The van der Waals surface area contributed by atoms with Crippen molar-refractivity contribution in [2.45, 2.75) is 26.3 Å². The van der Waals surface area contributed by atoms with Crippen LogP contribution in [0.3, 0.4) is 0 Å². The highest BCUT2D eigenvalue weighted by Gasteiger charge is 2.09. The number of aromatic nitrogens is 3. The van der Waals surface area contributed by atoms with Gasteiger partial charge >= 0.3 is 0 Å². The Morgan fingerprint density at radius 2 is 2.46 bits per heavy atom. The van der Waals surface area contributed by atoms with Crippen LogP contribution in [0.25, 0.3) is 0 Å². The van der Waals surface area contributed by atoms with Crippen LogP contribution in [0.4, 0.5) is 0 Å². The number of carbonyl (C=O) groups excluding carboxylic acids is 2. The molecule has 0 spiro atoms. The van der Waals surface area contributed by atoms with Crippen LogP contribution in [0.1, 0.15) is 30.3 Å². The number of ketones is 1. The third-order valence-electron chi connectivity index (χ3n) is 1.55. The Hall–Kier alpha value is -1.52. The molecule has 0 bridgehead atoms. The van der Waals surface area contributed by atoms with E-state index in [9.17, 15) is 9.59 Å². The van der Waals surface area contributed by atoms with Crippen molar-refractivity contribution in [3.05, 3.63) is 11.9 Å². The van der Waals surface area contributed by atoms with Gasteiger partial charge in [-0.15, -0.1) is 5.10 Å². The van der Waals surface area contributed by atoms with Crippen molar-refractivity contribution in [1.29, 1.82) is 0 Å². The van der Waals surface area contributed by atoms with Crippen molar-refractivity contribution < 1.29 is 9.59 Å². The summed E-state index contributed by atoms with van der Waals surface area (Å²) in [5.41, 5.74) is 0.264. The van der Waals surface area contributed by atoms with Gasteiger partial charge in [0, 0.05) is 6.54 Å². The van der Waals surface area contributed by atoms with Crippen LogP contribution in [0.2, 0.25) is 0 Å². The first-order chi connectivity index (χ1) is 6.27. The quantitative estimate of drug-likeness (QED) is 0.376. The van der Waals surface area contributed by atoms with Crippen LogP contribution < -0.4 is 0 Å². The van der Waals surface area contributed by atoms with Gasteiger partial charge < -0.3 is 4.79 Å². The van der Waals surface area contributed by atoms with Gasteiger partial charge in [-0.2, -0.15) is 0 Å². The van der Waals surface area contributed by atoms with Crippen molar-refractivity contribution in [3.63, 3.8) is 0 Å². The normalized spacial score (nSPS) is 9.92. The summed E-state index contributed by atoms with van der Waals surface area (Å²) in [6.07, 6.45) is 2.95. The number of aldehydes is 1. The molecule has 0 aliphatic rings. The SMILES string of the molecule is CCCn1cc(C(=O)CC=O)nn1. The molecule has 0 aliphatic heterocycles. The summed E-state index contributed by atoms with van der Waals surface area (Å²) in [6, 6.07) is 0. The van der Waals surface area contributed by atoms with Crippen LogP contribution in [0, 0.1) is 0 Å². The Balaban J connectivity index is 2.67. The van der Waals surface area contributed by atoms with Crippen LogP contribution in [-0.4, -0.2) is 27.1 Å². The number of aryl methyl sites for hydroxylation is 1. The summed E-state index contributed by atoms with van der Waals surface area (Å²) in [5, 5.41) is 7.40. The van der Waals surface area contributed by atoms with Crippen LogP contribution >= 0.6 is 0 Å². The van der Waals surface area contributed by atoms with E-state index in [4.69, 9.17) is 0 Å². The summed E-state index contributed by atoms with van der Waals surface area (Å²) in [6.45, 7) is 2.75. The molecule has 0 fully saturated rings. The van der Waals surface area contributed by atoms with Gasteiger partial charge in [0.05, 0.1) is 12.6 Å². The van der Waals surface area contributed by atoms with Crippen molar-refractivity contribution in [2.75, 3.05) is 0 Å². The average molecular weight is 181 g/mol. The van der Waals surface area contributed by atoms with Gasteiger partial charge in [0.25, 0.3) is 0 Å². The first kappa shape index (κ1) is 9.57. The molecule has 0 unspecified atom stereocenters. The molecule has 13 heavy (non-hydrogen) atoms. The second-order valence-electron chi connectivity index (χ2n) is 2.66. The number of hydrogen-bond donors (Lipinski definition) is 0. The molecular weight excluding hydrogens is 170 g/mol. The number of carbonyl (C=O) groups is 2. The maximum Gasteiger partial charge on any atom is 0.191 e. The highest BCUT2D eigenvalue weighted by atomic mass is 16.1. The van der Waals surface area contributed by atoms with Gasteiger partial charge in [-0.05, 0) is 6.42 Å². The number of nitrogens with zero attached hydrogens (tertiary/aromatic N) is 3. The molecule has 0 saturated heterocycles. The van der Waals surface area contributed by atoms with E-state index in [0.717, 1.165) is 13.0 Å². The van der Waals surface area contributed by atoms with Gasteiger partial charge in [0.1, 0.15) is 12.0 Å². The minimum Gasteiger partial charge on any atom is -0.303 e. The minimum atomic E-state index is -0.280. The maximum atomic E-state index is 11.1. The number of rotatable bonds is 5. The van der Waals surface area contributed by atoms with E-state index in [2.05, 4.69) is 10.3 Å². The Bertz CT molecular complexity index is 306. The minimum absolute atomic E-state index is 0.120. The fourth-order valence-corrected chi connectivity index (χ4v) is 0.945. The van der Waals surface area contributed by atoms with Crippen molar-refractivity contribution >= 4 is 12.1 Å². The lowest BCUT2D eigenvalue weighted by atomic mass is 10.2. The van der Waals surface area contributed by atoms with Gasteiger partial charge in [-0.3, -0.25) is 9.48 Å². The molecule has 1 rings (SSSR count). The summed E-state index contributed by atoms with van der Waals surface area (Å²) in [7, 11) is 0. The molecule has 1 heterocycles. The Kier molecular flexibility index (Phi) is 3.31. The average Bonchev–Trinajstić information content (AvgIpc) is 2.54. The molecule has 0 saturated carbocycles. The van der Waals surface area contributed by atoms with E-state index in [1.807, 2.05) is 6.92 Å². The van der Waals surface area contributed by atoms with E-state index < -0.39 is 0 Å². The largest absolute Gasteiger partial charge is 0.303 e. The molecule has 1 aromatic heterocycles. The highest BCUT2D eigenvalue weighted by molar-refractivity contribution is 6.00. The van der Waals surface area contributed by atoms with E-state index in [1.165, 1.54) is 0 Å². The van der Waals surface area contributed by atoms with E-state index in [-0.39, 0.29) is 17.9 Å². The predicted molar refractivity (Wildman–Crippen MR) is 45.3 cm³/mol. The summed E-state index contributed by atoms with van der Waals surface area (Å²) < 4.78 is 1.60. The topological polar surface area (TPSA) is 64.8 Å². The standard InChI is InChI=1S/C8H11N3O2/c1-2-4-11-6-7(9-10-11)8(13)3-5-12/h5-6H,2-4H2,1H3. The fourth-order valence-electron chi connectivity index (χ4n) is 0.945. The zero-order valence-corrected chi connectivity index (χ0v) is 7.43. The lowest BCUT2D eigenvalue weighted by Gasteiger charge is -1.92. The third kappa shape index (κ3) is 2.47. The molecule has 0 aliphatic carbocycles. The van der Waals surface area contributed by atoms with Gasteiger partial charge in [-0.1, -0.05) is 12.1 Å². The molecule has 0 radical (unpaired) electrons. The fraction of sp³-hybridized carbons (Fsp3) is 0.500. The molecule has 0 N–H and O–H groups in total. The Morgan fingerprint density at radius 3 is 3.08 bits per heavy atom. The monoisotopic (exact) mass is 181 g/mol. The predicted octanol–water partition coefficient (Wildman–Crippen LogP) is 0.460. The molecule has 0 amide bonds. The molecule has 5 heteroatoms. The van der Waals surface area contributed by atoms with E-state index in [1.54, 1.807) is 10.9 Å². The smallest absolute Gasteiger partial charge is 0.191 e. The zero-order valence-electron chi connectivity index (χ0n) is 7.43. The molecule has 0 atom stereocenters. The third-order valence-corrected chi connectivity index (χ3v) is 1.55. The number of Topliss-reactive ketones (excluding diaryl/α,β-unsaturated/α-hetero) is 1. The summed E-state index contributed by atoms with van der Waals surface area (Å²) in [4.78, 5) is 21.2. The number of hydrogen-bond acceptors (Lipinski definition) is 4. The Morgan fingerprint density at radius 1 is 1.69 bits per heavy atom.